The third kappa shape index (κ3) is 6.34. The van der Waals surface area contributed by atoms with E-state index in [-0.39, 0.29) is 6.04 Å². The number of guanidine groups is 1. The number of aliphatic imine (C=N–C) groups is 1. The molecule has 1 atom stereocenters. The lowest BCUT2D eigenvalue weighted by Crippen LogP contribution is -2.44. The minimum absolute atomic E-state index is 0.217. The van der Waals surface area contributed by atoms with Gasteiger partial charge in [0, 0.05) is 26.7 Å². The fourth-order valence-electron chi connectivity index (χ4n) is 3.80. The molecule has 2 aromatic rings. The lowest BCUT2D eigenvalue weighted by molar-refractivity contribution is 0.133. The Morgan fingerprint density at radius 3 is 2.59 bits per heavy atom. The van der Waals surface area contributed by atoms with Gasteiger partial charge >= 0.3 is 0 Å². The number of likely N-dealkylation sites (tertiary alicyclic amines) is 1. The van der Waals surface area contributed by atoms with E-state index >= 15 is 0 Å². The summed E-state index contributed by atoms with van der Waals surface area (Å²) in [5.41, 5.74) is 2.43. The van der Waals surface area contributed by atoms with Crippen LogP contribution < -0.4 is 10.6 Å². The zero-order valence-electron chi connectivity index (χ0n) is 17.7. The van der Waals surface area contributed by atoms with E-state index in [1.54, 1.807) is 6.26 Å². The summed E-state index contributed by atoms with van der Waals surface area (Å²) in [7, 11) is 1.81. The van der Waals surface area contributed by atoms with E-state index in [1.165, 1.54) is 30.4 Å². The van der Waals surface area contributed by atoms with E-state index in [9.17, 15) is 0 Å². The number of rotatable bonds is 9. The summed E-state index contributed by atoms with van der Waals surface area (Å²) in [6.45, 7) is 7.07. The van der Waals surface area contributed by atoms with Crippen LogP contribution in [0.3, 0.4) is 0 Å². The fraction of sp³-hybridized carbons (Fsp3) is 0.522. The predicted molar refractivity (Wildman–Crippen MR) is 117 cm³/mol. The lowest BCUT2D eigenvalue weighted by Gasteiger charge is -2.33. The van der Waals surface area contributed by atoms with Gasteiger partial charge in [-0.05, 0) is 56.1 Å². The molecule has 1 aliphatic rings. The molecule has 158 valence electrons. The van der Waals surface area contributed by atoms with Gasteiger partial charge in [-0.25, -0.2) is 0 Å². The molecule has 6 heteroatoms. The van der Waals surface area contributed by atoms with Crippen molar-refractivity contribution in [3.05, 3.63) is 59.5 Å². The molecular weight excluding hydrogens is 364 g/mol. The van der Waals surface area contributed by atoms with Gasteiger partial charge in [0.15, 0.2) is 5.96 Å². The highest BCUT2D eigenvalue weighted by Gasteiger charge is 2.24. The highest BCUT2D eigenvalue weighted by molar-refractivity contribution is 5.79. The van der Waals surface area contributed by atoms with Crippen molar-refractivity contribution in [2.75, 3.05) is 33.3 Å². The normalized spacial score (nSPS) is 16.6. The number of furan rings is 1. The van der Waals surface area contributed by atoms with Gasteiger partial charge in [-0.1, -0.05) is 30.7 Å². The molecule has 1 unspecified atom stereocenters. The van der Waals surface area contributed by atoms with Gasteiger partial charge in [-0.3, -0.25) is 9.89 Å². The van der Waals surface area contributed by atoms with Crippen LogP contribution in [0.2, 0.25) is 0 Å². The largest absolute Gasteiger partial charge is 0.468 e. The van der Waals surface area contributed by atoms with Gasteiger partial charge in [0.05, 0.1) is 18.9 Å². The summed E-state index contributed by atoms with van der Waals surface area (Å²) in [4.78, 5) is 6.92. The van der Waals surface area contributed by atoms with Gasteiger partial charge in [0.25, 0.3) is 0 Å². The van der Waals surface area contributed by atoms with Crippen molar-refractivity contribution in [2.24, 2.45) is 4.99 Å². The molecule has 0 saturated carbocycles. The molecule has 1 aromatic heterocycles. The van der Waals surface area contributed by atoms with Gasteiger partial charge in [0.1, 0.15) is 5.76 Å². The van der Waals surface area contributed by atoms with Crippen molar-refractivity contribution in [3.63, 3.8) is 0 Å². The molecule has 0 radical (unpaired) electrons. The summed E-state index contributed by atoms with van der Waals surface area (Å²) >= 11 is 0. The lowest BCUT2D eigenvalue weighted by atomic mass is 10.1. The summed E-state index contributed by atoms with van der Waals surface area (Å²) in [5, 5.41) is 6.93. The number of nitrogens with one attached hydrogen (secondary N) is 2. The Morgan fingerprint density at radius 1 is 1.10 bits per heavy atom. The second kappa shape index (κ2) is 11.6. The van der Waals surface area contributed by atoms with E-state index in [4.69, 9.17) is 9.15 Å². The Hall–Kier alpha value is -2.31. The SMILES string of the molecule is CCOCc1ccccc1CNC(=NC)NCC(c1ccco1)N1CCCCC1. The Labute approximate surface area is 174 Å². The predicted octanol–water partition coefficient (Wildman–Crippen LogP) is 3.71. The van der Waals surface area contributed by atoms with Crippen molar-refractivity contribution in [1.82, 2.24) is 15.5 Å². The third-order valence-electron chi connectivity index (χ3n) is 5.42. The van der Waals surface area contributed by atoms with Crippen LogP contribution in [0.5, 0.6) is 0 Å². The minimum Gasteiger partial charge on any atom is -0.468 e. The molecular formula is C23H34N4O2. The van der Waals surface area contributed by atoms with E-state index in [1.807, 2.05) is 20.0 Å². The standard InChI is InChI=1S/C23H34N4O2/c1-3-28-18-20-11-6-5-10-19(20)16-25-23(24-2)26-17-21(22-12-9-15-29-22)27-13-7-4-8-14-27/h5-6,9-12,15,21H,3-4,7-8,13-14,16-18H2,1-2H3,(H2,24,25,26). The van der Waals surface area contributed by atoms with Gasteiger partial charge < -0.3 is 19.8 Å². The van der Waals surface area contributed by atoms with Crippen LogP contribution in [-0.4, -0.2) is 44.1 Å². The third-order valence-corrected chi connectivity index (χ3v) is 5.42. The Balaban J connectivity index is 1.58. The first kappa shape index (κ1) is 21.4. The highest BCUT2D eigenvalue weighted by Crippen LogP contribution is 2.24. The number of nitrogens with zero attached hydrogens (tertiary/aromatic N) is 2. The summed E-state index contributed by atoms with van der Waals surface area (Å²) in [5.74, 6) is 1.81. The van der Waals surface area contributed by atoms with Gasteiger partial charge in [-0.15, -0.1) is 0 Å². The van der Waals surface area contributed by atoms with Crippen molar-refractivity contribution in [3.8, 4) is 0 Å². The molecule has 1 aromatic carbocycles. The quantitative estimate of drug-likeness (QED) is 0.498. The van der Waals surface area contributed by atoms with Crippen molar-refractivity contribution < 1.29 is 9.15 Å². The second-order valence-corrected chi connectivity index (χ2v) is 7.34. The molecule has 0 bridgehead atoms. The highest BCUT2D eigenvalue weighted by atomic mass is 16.5. The van der Waals surface area contributed by atoms with Crippen molar-refractivity contribution in [2.45, 2.75) is 45.4 Å². The van der Waals surface area contributed by atoms with Gasteiger partial charge in [0.2, 0.25) is 0 Å². The molecule has 1 saturated heterocycles. The first-order valence-corrected chi connectivity index (χ1v) is 10.7. The second-order valence-electron chi connectivity index (χ2n) is 7.34. The molecule has 2 heterocycles. The summed E-state index contributed by atoms with van der Waals surface area (Å²) in [6.07, 6.45) is 5.58. The maximum atomic E-state index is 5.74. The molecule has 6 nitrogen and oxygen atoms in total. The Bertz CT molecular complexity index is 739. The van der Waals surface area contributed by atoms with Crippen LogP contribution in [0.1, 0.15) is 49.1 Å². The van der Waals surface area contributed by atoms with Gasteiger partial charge in [-0.2, -0.15) is 0 Å². The van der Waals surface area contributed by atoms with E-state index in [0.29, 0.717) is 13.2 Å². The van der Waals surface area contributed by atoms with Crippen LogP contribution >= 0.6 is 0 Å². The molecule has 0 spiro atoms. The molecule has 29 heavy (non-hydrogen) atoms. The average Bonchev–Trinajstić information content (AvgIpc) is 3.30. The first-order chi connectivity index (χ1) is 14.3. The monoisotopic (exact) mass is 398 g/mol. The van der Waals surface area contributed by atoms with Crippen LogP contribution in [0.25, 0.3) is 0 Å². The van der Waals surface area contributed by atoms with Crippen molar-refractivity contribution in [1.29, 1.82) is 0 Å². The van der Waals surface area contributed by atoms with E-state index in [2.05, 4.69) is 50.9 Å². The molecule has 1 fully saturated rings. The maximum absolute atomic E-state index is 5.74. The average molecular weight is 399 g/mol. The Kier molecular flexibility index (Phi) is 8.58. The number of hydrogen-bond acceptors (Lipinski definition) is 4. The Morgan fingerprint density at radius 2 is 1.90 bits per heavy atom. The fourth-order valence-corrected chi connectivity index (χ4v) is 3.80. The molecule has 2 N–H and O–H groups in total. The zero-order valence-corrected chi connectivity index (χ0v) is 17.7. The molecule has 1 aliphatic heterocycles. The summed E-state index contributed by atoms with van der Waals surface area (Å²) < 4.78 is 11.3. The molecule has 0 aliphatic carbocycles. The van der Waals surface area contributed by atoms with Crippen LogP contribution in [-0.2, 0) is 17.9 Å². The van der Waals surface area contributed by atoms with Crippen LogP contribution in [0.4, 0.5) is 0 Å². The number of hydrogen-bond donors (Lipinski definition) is 2. The zero-order chi connectivity index (χ0) is 20.3. The molecule has 3 rings (SSSR count). The van der Waals surface area contributed by atoms with Crippen LogP contribution in [0.15, 0.2) is 52.1 Å². The number of piperidine rings is 1. The topological polar surface area (TPSA) is 62.0 Å². The van der Waals surface area contributed by atoms with E-state index in [0.717, 1.165) is 38.0 Å². The van der Waals surface area contributed by atoms with Crippen LogP contribution in [0, 0.1) is 0 Å². The summed E-state index contributed by atoms with van der Waals surface area (Å²) in [6, 6.07) is 12.6. The minimum atomic E-state index is 0.217. The first-order valence-electron chi connectivity index (χ1n) is 10.7. The van der Waals surface area contributed by atoms with E-state index < -0.39 is 0 Å². The number of benzene rings is 1. The maximum Gasteiger partial charge on any atom is 0.191 e. The number of ether oxygens (including phenoxy) is 1. The smallest absolute Gasteiger partial charge is 0.191 e. The molecule has 0 amide bonds. The van der Waals surface area contributed by atoms with Crippen molar-refractivity contribution >= 4 is 5.96 Å².